The minimum Gasteiger partial charge on any atom is -0.497 e. The summed E-state index contributed by atoms with van der Waals surface area (Å²) in [5.41, 5.74) is 1.14. The molecule has 0 spiro atoms. The Hall–Kier alpha value is -1.71. The van der Waals surface area contributed by atoms with E-state index < -0.39 is 5.97 Å². The zero-order valence-electron chi connectivity index (χ0n) is 10.8. The summed E-state index contributed by atoms with van der Waals surface area (Å²) >= 11 is 0. The minimum absolute atomic E-state index is 0.358. The second-order valence-corrected chi connectivity index (χ2v) is 4.59. The van der Waals surface area contributed by atoms with E-state index in [1.165, 1.54) is 0 Å². The molecule has 0 aliphatic carbocycles. The Balaban J connectivity index is 2.42. The summed E-state index contributed by atoms with van der Waals surface area (Å²) in [6.07, 6.45) is 3.29. The molecule has 1 fully saturated rings. The standard InChI is InChI=1S/C14H19NO3/c1-3-10-5-4-8-15(10)13-9-11(18-2)6-7-12(13)14(16)17/h6-7,9-10H,3-5,8H2,1-2H3,(H,16,17). The third-order valence-corrected chi connectivity index (χ3v) is 3.59. The minimum atomic E-state index is -0.880. The molecule has 1 aliphatic heterocycles. The highest BCUT2D eigenvalue weighted by molar-refractivity contribution is 5.95. The van der Waals surface area contributed by atoms with Crippen molar-refractivity contribution >= 4 is 11.7 Å². The highest BCUT2D eigenvalue weighted by atomic mass is 16.5. The molecule has 4 heteroatoms. The van der Waals surface area contributed by atoms with Crippen LogP contribution in [0.15, 0.2) is 18.2 Å². The summed E-state index contributed by atoms with van der Waals surface area (Å²) in [6, 6.07) is 5.60. The molecule has 0 radical (unpaired) electrons. The van der Waals surface area contributed by atoms with E-state index in [-0.39, 0.29) is 0 Å². The Kier molecular flexibility index (Phi) is 3.75. The fourth-order valence-corrected chi connectivity index (χ4v) is 2.63. The summed E-state index contributed by atoms with van der Waals surface area (Å²) in [5.74, 6) is -0.175. The van der Waals surface area contributed by atoms with Crippen molar-refractivity contribution in [2.24, 2.45) is 0 Å². The van der Waals surface area contributed by atoms with Crippen LogP contribution in [0, 0.1) is 0 Å². The van der Waals surface area contributed by atoms with E-state index in [0.717, 1.165) is 31.5 Å². The van der Waals surface area contributed by atoms with Gasteiger partial charge in [0.2, 0.25) is 0 Å². The van der Waals surface area contributed by atoms with Crippen LogP contribution in [0.1, 0.15) is 36.5 Å². The molecule has 0 saturated carbocycles. The molecule has 1 saturated heterocycles. The molecule has 1 unspecified atom stereocenters. The maximum absolute atomic E-state index is 11.3. The van der Waals surface area contributed by atoms with Gasteiger partial charge in [0.15, 0.2) is 0 Å². The molecule has 1 N–H and O–H groups in total. The summed E-state index contributed by atoms with van der Waals surface area (Å²) < 4.78 is 5.20. The SMILES string of the molecule is CCC1CCCN1c1cc(OC)ccc1C(=O)O. The normalized spacial score (nSPS) is 19.0. The molecule has 1 atom stereocenters. The van der Waals surface area contributed by atoms with Gasteiger partial charge in [-0.1, -0.05) is 6.92 Å². The maximum Gasteiger partial charge on any atom is 0.337 e. The number of carbonyl (C=O) groups is 1. The van der Waals surface area contributed by atoms with Crippen LogP contribution in [-0.2, 0) is 0 Å². The van der Waals surface area contributed by atoms with Crippen LogP contribution < -0.4 is 9.64 Å². The Labute approximate surface area is 107 Å². The predicted octanol–water partition coefficient (Wildman–Crippen LogP) is 2.77. The molecule has 18 heavy (non-hydrogen) atoms. The maximum atomic E-state index is 11.3. The summed E-state index contributed by atoms with van der Waals surface area (Å²) in [5, 5.41) is 9.28. The average molecular weight is 249 g/mol. The first-order chi connectivity index (χ1) is 8.67. The van der Waals surface area contributed by atoms with Crippen molar-refractivity contribution in [3.05, 3.63) is 23.8 Å². The fourth-order valence-electron chi connectivity index (χ4n) is 2.63. The Morgan fingerprint density at radius 1 is 1.56 bits per heavy atom. The third kappa shape index (κ3) is 2.28. The van der Waals surface area contributed by atoms with Gasteiger partial charge in [-0.15, -0.1) is 0 Å². The summed E-state index contributed by atoms with van der Waals surface area (Å²) in [7, 11) is 1.60. The Bertz CT molecular complexity index is 445. The second-order valence-electron chi connectivity index (χ2n) is 4.59. The van der Waals surface area contributed by atoms with Crippen LogP contribution in [0.2, 0.25) is 0 Å². The average Bonchev–Trinajstić information content (AvgIpc) is 2.85. The zero-order chi connectivity index (χ0) is 13.1. The van der Waals surface area contributed by atoms with Crippen LogP contribution in [-0.4, -0.2) is 30.8 Å². The lowest BCUT2D eigenvalue weighted by molar-refractivity contribution is 0.0697. The van der Waals surface area contributed by atoms with E-state index in [1.807, 2.05) is 6.07 Å². The van der Waals surface area contributed by atoms with Gasteiger partial charge in [-0.05, 0) is 31.4 Å². The zero-order valence-corrected chi connectivity index (χ0v) is 10.8. The molecule has 4 nitrogen and oxygen atoms in total. The molecule has 1 aromatic rings. The van der Waals surface area contributed by atoms with Gasteiger partial charge in [0.25, 0.3) is 0 Å². The van der Waals surface area contributed by atoms with Crippen LogP contribution in [0.5, 0.6) is 5.75 Å². The van der Waals surface area contributed by atoms with Gasteiger partial charge in [0.1, 0.15) is 5.75 Å². The van der Waals surface area contributed by atoms with Crippen molar-refractivity contribution in [1.29, 1.82) is 0 Å². The van der Waals surface area contributed by atoms with E-state index in [1.54, 1.807) is 19.2 Å². The number of ether oxygens (including phenoxy) is 1. The number of anilines is 1. The summed E-state index contributed by atoms with van der Waals surface area (Å²) in [6.45, 7) is 3.07. The molecule has 0 amide bonds. The molecule has 98 valence electrons. The quantitative estimate of drug-likeness (QED) is 0.891. The van der Waals surface area contributed by atoms with Gasteiger partial charge in [-0.25, -0.2) is 4.79 Å². The molecular formula is C14H19NO3. The first kappa shape index (κ1) is 12.7. The lowest BCUT2D eigenvalue weighted by atomic mass is 10.1. The molecule has 0 bridgehead atoms. The number of methoxy groups -OCH3 is 1. The first-order valence-corrected chi connectivity index (χ1v) is 6.35. The smallest absolute Gasteiger partial charge is 0.337 e. The number of rotatable bonds is 4. The van der Waals surface area contributed by atoms with E-state index in [9.17, 15) is 9.90 Å². The largest absolute Gasteiger partial charge is 0.497 e. The summed E-state index contributed by atoms with van der Waals surface area (Å²) in [4.78, 5) is 13.5. The van der Waals surface area contributed by atoms with E-state index in [2.05, 4.69) is 11.8 Å². The van der Waals surface area contributed by atoms with Gasteiger partial charge < -0.3 is 14.7 Å². The van der Waals surface area contributed by atoms with E-state index >= 15 is 0 Å². The fraction of sp³-hybridized carbons (Fsp3) is 0.500. The molecule has 0 aromatic heterocycles. The first-order valence-electron chi connectivity index (χ1n) is 6.35. The molecule has 2 rings (SSSR count). The molecule has 1 aliphatic rings. The van der Waals surface area contributed by atoms with Crippen molar-refractivity contribution in [2.75, 3.05) is 18.6 Å². The van der Waals surface area contributed by atoms with Crippen LogP contribution >= 0.6 is 0 Å². The lowest BCUT2D eigenvalue weighted by Gasteiger charge is -2.27. The number of nitrogens with zero attached hydrogens (tertiary/aromatic N) is 1. The van der Waals surface area contributed by atoms with Crippen LogP contribution in [0.25, 0.3) is 0 Å². The number of hydrogen-bond donors (Lipinski definition) is 1. The van der Waals surface area contributed by atoms with E-state index in [0.29, 0.717) is 17.4 Å². The Morgan fingerprint density at radius 2 is 2.33 bits per heavy atom. The van der Waals surface area contributed by atoms with Crippen LogP contribution in [0.4, 0.5) is 5.69 Å². The van der Waals surface area contributed by atoms with Crippen LogP contribution in [0.3, 0.4) is 0 Å². The molecular weight excluding hydrogens is 230 g/mol. The Morgan fingerprint density at radius 3 is 2.94 bits per heavy atom. The lowest BCUT2D eigenvalue weighted by Crippen LogP contribution is -2.30. The van der Waals surface area contributed by atoms with Gasteiger partial charge in [0.05, 0.1) is 18.4 Å². The van der Waals surface area contributed by atoms with Gasteiger partial charge >= 0.3 is 5.97 Å². The molecule has 1 heterocycles. The monoisotopic (exact) mass is 249 g/mol. The molecule has 1 aromatic carbocycles. The number of aromatic carboxylic acids is 1. The number of carboxylic acid groups (broad SMARTS) is 1. The highest BCUT2D eigenvalue weighted by Gasteiger charge is 2.26. The van der Waals surface area contributed by atoms with Crippen molar-refractivity contribution in [1.82, 2.24) is 0 Å². The third-order valence-electron chi connectivity index (χ3n) is 3.59. The second kappa shape index (κ2) is 5.29. The van der Waals surface area contributed by atoms with E-state index in [4.69, 9.17) is 4.74 Å². The highest BCUT2D eigenvalue weighted by Crippen LogP contribution is 2.32. The number of hydrogen-bond acceptors (Lipinski definition) is 3. The number of carboxylic acids is 1. The van der Waals surface area contributed by atoms with Gasteiger partial charge in [0, 0.05) is 18.7 Å². The van der Waals surface area contributed by atoms with Crippen molar-refractivity contribution in [3.8, 4) is 5.75 Å². The van der Waals surface area contributed by atoms with Crippen molar-refractivity contribution in [3.63, 3.8) is 0 Å². The number of benzene rings is 1. The predicted molar refractivity (Wildman–Crippen MR) is 70.6 cm³/mol. The topological polar surface area (TPSA) is 49.8 Å². The van der Waals surface area contributed by atoms with Gasteiger partial charge in [-0.2, -0.15) is 0 Å². The van der Waals surface area contributed by atoms with Gasteiger partial charge in [-0.3, -0.25) is 0 Å². The van der Waals surface area contributed by atoms with Crippen molar-refractivity contribution < 1.29 is 14.6 Å². The van der Waals surface area contributed by atoms with Crippen molar-refractivity contribution in [2.45, 2.75) is 32.2 Å².